The smallest absolute Gasteiger partial charge is 0.260 e. The summed E-state index contributed by atoms with van der Waals surface area (Å²) in [5.74, 6) is -3.50. The molecule has 4 bridgehead atoms. The van der Waals surface area contributed by atoms with Crippen LogP contribution in [0.5, 0.6) is 0 Å². The number of rotatable bonds is 2. The van der Waals surface area contributed by atoms with E-state index in [1.807, 2.05) is 0 Å². The molecule has 8 atom stereocenters. The molecule has 1 saturated carbocycles. The number of nitrogens with zero attached hydrogens (tertiary/aromatic N) is 1. The molecule has 3 saturated heterocycles. The summed E-state index contributed by atoms with van der Waals surface area (Å²) in [6, 6.07) is 0. The van der Waals surface area contributed by atoms with Crippen LogP contribution in [0.15, 0.2) is 10.1 Å². The molecule has 26 heavy (non-hydrogen) atoms. The number of imide groups is 1. The first kappa shape index (κ1) is 18.6. The van der Waals surface area contributed by atoms with Crippen LogP contribution in [0.1, 0.15) is 6.92 Å². The molecule has 2 aliphatic carbocycles. The van der Waals surface area contributed by atoms with Crippen molar-refractivity contribution in [2.75, 3.05) is 6.61 Å². The lowest BCUT2D eigenvalue weighted by atomic mass is 9.65. The van der Waals surface area contributed by atoms with E-state index in [0.717, 1.165) is 5.06 Å². The summed E-state index contributed by atoms with van der Waals surface area (Å²) in [7, 11) is 0. The molecular weight excluding hydrogens is 471 g/mol. The Kier molecular flexibility index (Phi) is 3.69. The molecule has 3 aliphatic heterocycles. The van der Waals surface area contributed by atoms with Gasteiger partial charge in [-0.15, -0.1) is 23.2 Å². The zero-order valence-corrected chi connectivity index (χ0v) is 17.6. The molecule has 142 valence electrons. The van der Waals surface area contributed by atoms with E-state index in [2.05, 4.69) is 0 Å². The Bertz CT molecular complexity index is 745. The number of hydrogen-bond acceptors (Lipinski definition) is 4. The molecule has 2 amide bonds. The zero-order chi connectivity index (χ0) is 19.0. The van der Waals surface area contributed by atoms with Crippen molar-refractivity contribution in [3.63, 3.8) is 0 Å². The Morgan fingerprint density at radius 1 is 0.962 bits per heavy atom. The maximum absolute atomic E-state index is 12.8. The number of hydroxylamine groups is 2. The first-order valence-corrected chi connectivity index (χ1v) is 10.3. The average Bonchev–Trinajstić information content (AvgIpc) is 3.28. The Hall–Kier alpha value is 0.540. The SMILES string of the molecule is CCON1C(=O)[C@@H]2[C@H]3O[C@@H]([C@@H]2C1=O)[C@@H]1[C@@H]3[C@@]2(Cl)C(Cl)=C(Cl)[C@@]1(Cl)C2(Cl)Cl. The topological polar surface area (TPSA) is 55.8 Å². The molecule has 0 N–H and O–H groups in total. The lowest BCUT2D eigenvalue weighted by Gasteiger charge is -2.39. The molecule has 0 aromatic rings. The average molecular weight is 482 g/mol. The van der Waals surface area contributed by atoms with Gasteiger partial charge in [-0.1, -0.05) is 46.4 Å². The van der Waals surface area contributed by atoms with E-state index in [1.165, 1.54) is 0 Å². The Morgan fingerprint density at radius 3 is 1.77 bits per heavy atom. The van der Waals surface area contributed by atoms with Crippen LogP contribution in [-0.2, 0) is 19.2 Å². The Labute approximate surface area is 178 Å². The third kappa shape index (κ3) is 1.55. The summed E-state index contributed by atoms with van der Waals surface area (Å²) in [4.78, 5) is 27.7. The van der Waals surface area contributed by atoms with Gasteiger partial charge < -0.3 is 4.74 Å². The van der Waals surface area contributed by atoms with Crippen LogP contribution in [0.4, 0.5) is 0 Å². The van der Waals surface area contributed by atoms with Gasteiger partial charge in [0.2, 0.25) is 0 Å². The fraction of sp³-hybridized carbons (Fsp3) is 0.733. The normalized spacial score (nSPS) is 53.1. The molecule has 0 aromatic carbocycles. The minimum absolute atomic E-state index is 0.0632. The van der Waals surface area contributed by atoms with E-state index in [4.69, 9.17) is 79.2 Å². The maximum Gasteiger partial charge on any atom is 0.260 e. The van der Waals surface area contributed by atoms with Gasteiger partial charge in [0.25, 0.3) is 11.8 Å². The van der Waals surface area contributed by atoms with Crippen molar-refractivity contribution in [1.29, 1.82) is 0 Å². The standard InChI is InChI=1S/C15H11Cl6NO4/c1-2-25-22-11(23)3-4(12(22)24)8-6-5(7(3)26-8)13(18)9(16)10(17)14(6,19)15(13,20)21/h3-8H,2H2,1H3/t3-,4+,5-,6-,7+,8-,13+,14+/m0/s1. The molecule has 11 heteroatoms. The van der Waals surface area contributed by atoms with Crippen molar-refractivity contribution >= 4 is 81.4 Å². The highest BCUT2D eigenvalue weighted by Crippen LogP contribution is 2.81. The number of amides is 2. The molecule has 0 radical (unpaired) electrons. The van der Waals surface area contributed by atoms with E-state index in [1.54, 1.807) is 6.92 Å². The predicted octanol–water partition coefficient (Wildman–Crippen LogP) is 3.40. The molecule has 0 aromatic heterocycles. The van der Waals surface area contributed by atoms with Gasteiger partial charge in [0.05, 0.1) is 40.7 Å². The van der Waals surface area contributed by atoms with Gasteiger partial charge in [-0.2, -0.15) is 5.06 Å². The van der Waals surface area contributed by atoms with Crippen LogP contribution in [0.3, 0.4) is 0 Å². The lowest BCUT2D eigenvalue weighted by Crippen LogP contribution is -2.50. The number of carbonyl (C=O) groups is 2. The van der Waals surface area contributed by atoms with Gasteiger partial charge in [0.1, 0.15) is 9.75 Å². The maximum atomic E-state index is 12.8. The van der Waals surface area contributed by atoms with E-state index < -0.39 is 61.8 Å². The predicted molar refractivity (Wildman–Crippen MR) is 96.4 cm³/mol. The van der Waals surface area contributed by atoms with Gasteiger partial charge in [-0.3, -0.25) is 14.4 Å². The first-order chi connectivity index (χ1) is 12.1. The van der Waals surface area contributed by atoms with Crippen molar-refractivity contribution in [2.24, 2.45) is 23.7 Å². The van der Waals surface area contributed by atoms with Crippen LogP contribution in [-0.4, -0.2) is 49.8 Å². The van der Waals surface area contributed by atoms with Gasteiger partial charge in [0.15, 0.2) is 4.33 Å². The van der Waals surface area contributed by atoms with Crippen LogP contribution in [0.2, 0.25) is 0 Å². The highest BCUT2D eigenvalue weighted by atomic mass is 35.5. The minimum Gasteiger partial charge on any atom is -0.373 e. The highest BCUT2D eigenvalue weighted by Gasteiger charge is 2.90. The summed E-state index contributed by atoms with van der Waals surface area (Å²) in [6.07, 6.45) is -1.41. The summed E-state index contributed by atoms with van der Waals surface area (Å²) >= 11 is 39.7. The van der Waals surface area contributed by atoms with Crippen molar-refractivity contribution in [1.82, 2.24) is 5.06 Å². The molecule has 0 spiro atoms. The number of halogens is 6. The second-order valence-electron chi connectivity index (χ2n) is 7.18. The summed E-state index contributed by atoms with van der Waals surface area (Å²) < 4.78 is 4.31. The molecule has 3 heterocycles. The van der Waals surface area contributed by atoms with Crippen LogP contribution >= 0.6 is 69.6 Å². The number of hydrogen-bond donors (Lipinski definition) is 0. The van der Waals surface area contributed by atoms with Gasteiger partial charge in [0, 0.05) is 11.8 Å². The number of allylic oxidation sites excluding steroid dienone is 2. The molecule has 0 unspecified atom stereocenters. The molecular formula is C15H11Cl6NO4. The number of ether oxygens (including phenoxy) is 1. The lowest BCUT2D eigenvalue weighted by molar-refractivity contribution is -0.191. The van der Waals surface area contributed by atoms with Gasteiger partial charge in [-0.05, 0) is 6.92 Å². The third-order valence-electron chi connectivity index (χ3n) is 6.40. The van der Waals surface area contributed by atoms with Gasteiger partial charge in [-0.25, -0.2) is 0 Å². The summed E-state index contributed by atoms with van der Waals surface area (Å²) in [5.41, 5.74) is 0. The highest BCUT2D eigenvalue weighted by molar-refractivity contribution is 6.65. The fourth-order valence-corrected chi connectivity index (χ4v) is 8.59. The van der Waals surface area contributed by atoms with E-state index in [0.29, 0.717) is 0 Å². The van der Waals surface area contributed by atoms with E-state index in [-0.39, 0.29) is 16.7 Å². The Morgan fingerprint density at radius 2 is 1.38 bits per heavy atom. The van der Waals surface area contributed by atoms with E-state index in [9.17, 15) is 9.59 Å². The first-order valence-electron chi connectivity index (χ1n) is 8.04. The number of alkyl halides is 4. The second-order valence-corrected chi connectivity index (χ2v) is 10.5. The van der Waals surface area contributed by atoms with Crippen LogP contribution in [0.25, 0.3) is 0 Å². The molecule has 5 nitrogen and oxygen atoms in total. The van der Waals surface area contributed by atoms with Crippen molar-refractivity contribution in [3.8, 4) is 0 Å². The summed E-state index contributed by atoms with van der Waals surface area (Å²) in [5, 5.41) is 0.940. The van der Waals surface area contributed by atoms with Crippen molar-refractivity contribution in [3.05, 3.63) is 10.1 Å². The van der Waals surface area contributed by atoms with Gasteiger partial charge >= 0.3 is 0 Å². The monoisotopic (exact) mass is 479 g/mol. The zero-order valence-electron chi connectivity index (χ0n) is 13.0. The minimum atomic E-state index is -1.71. The largest absolute Gasteiger partial charge is 0.373 e. The number of fused-ring (bicyclic) bond motifs is 12. The molecule has 4 fully saturated rings. The molecule has 5 rings (SSSR count). The third-order valence-corrected chi connectivity index (χ3v) is 10.7. The fourth-order valence-electron chi connectivity index (χ4n) is 5.53. The number of carbonyl (C=O) groups excluding carboxylic acids is 2. The summed E-state index contributed by atoms with van der Waals surface area (Å²) in [6.45, 7) is 1.87. The quantitative estimate of drug-likeness (QED) is 0.448. The molecule has 5 aliphatic rings. The van der Waals surface area contributed by atoms with Crippen LogP contribution in [0, 0.1) is 23.7 Å². The van der Waals surface area contributed by atoms with E-state index >= 15 is 0 Å². The second kappa shape index (κ2) is 5.17. The van der Waals surface area contributed by atoms with Crippen molar-refractivity contribution < 1.29 is 19.2 Å². The van der Waals surface area contributed by atoms with Crippen LogP contribution < -0.4 is 0 Å². The van der Waals surface area contributed by atoms with Crippen molar-refractivity contribution in [2.45, 2.75) is 33.2 Å². The Balaban J connectivity index is 1.66.